The van der Waals surface area contributed by atoms with Gasteiger partial charge in [-0.2, -0.15) is 9.61 Å². The Hall–Kier alpha value is -2.44. The van der Waals surface area contributed by atoms with Crippen LogP contribution in [0.25, 0.3) is 26.0 Å². The number of hydrogen-bond acceptors (Lipinski definition) is 5. The maximum atomic E-state index is 8.58. The maximum Gasteiger partial charge on any atom is 0.234 e. The molecule has 0 fully saturated rings. The van der Waals surface area contributed by atoms with Crippen molar-refractivity contribution in [3.05, 3.63) is 40.0 Å². The molecule has 1 aromatic carbocycles. The molecule has 0 aliphatic rings. The summed E-state index contributed by atoms with van der Waals surface area (Å²) < 4.78 is 1.76. The van der Waals surface area contributed by atoms with E-state index >= 15 is 0 Å². The number of fused-ring (bicyclic) bond motifs is 1. The van der Waals surface area contributed by atoms with E-state index in [1.54, 1.807) is 10.6 Å². The molecule has 0 amide bonds. The molecule has 2 heterocycles. The summed E-state index contributed by atoms with van der Waals surface area (Å²) in [7, 11) is 0. The molecule has 7 nitrogen and oxygen atoms in total. The Balaban J connectivity index is 2.17. The zero-order valence-corrected chi connectivity index (χ0v) is 11.8. The minimum absolute atomic E-state index is 0.617. The van der Waals surface area contributed by atoms with E-state index in [1.807, 2.05) is 26.0 Å². The molecule has 0 aliphatic carbocycles. The highest BCUT2D eigenvalue weighted by Gasteiger charge is 2.14. The highest BCUT2D eigenvalue weighted by molar-refractivity contribution is 7.19. The normalized spacial score (nSPS) is 10.7. The highest BCUT2D eigenvalue weighted by atomic mass is 32.1. The topological polar surface area (TPSA) is 91.8 Å². The quantitative estimate of drug-likeness (QED) is 0.417. The largest absolute Gasteiger partial charge is 0.234 e. The van der Waals surface area contributed by atoms with Crippen LogP contribution in [0.15, 0.2) is 23.3 Å². The number of azide groups is 1. The molecule has 8 heteroatoms. The van der Waals surface area contributed by atoms with E-state index in [-0.39, 0.29) is 0 Å². The lowest BCUT2D eigenvalue weighted by Gasteiger charge is -2.04. The van der Waals surface area contributed by atoms with Crippen LogP contribution in [0.2, 0.25) is 0 Å². The number of hydrogen-bond donors (Lipinski definition) is 0. The third kappa shape index (κ3) is 1.91. The summed E-state index contributed by atoms with van der Waals surface area (Å²) in [5, 5.41) is 17.3. The van der Waals surface area contributed by atoms with Crippen LogP contribution in [0, 0.1) is 6.92 Å². The Kier molecular flexibility index (Phi) is 3.09. The Morgan fingerprint density at radius 1 is 1.40 bits per heavy atom. The minimum atomic E-state index is 0.617. The van der Waals surface area contributed by atoms with Gasteiger partial charge in [0.15, 0.2) is 5.82 Å². The SMILES string of the molecule is CCc1nnc2sc(-c3cccc(N=[N+]=[N-])c3C)nn12. The molecular formula is C12H11N7S. The third-order valence-corrected chi connectivity index (χ3v) is 3.99. The monoisotopic (exact) mass is 285 g/mol. The zero-order valence-electron chi connectivity index (χ0n) is 11.0. The molecule has 0 radical (unpaired) electrons. The first-order chi connectivity index (χ1) is 9.74. The van der Waals surface area contributed by atoms with E-state index in [0.29, 0.717) is 5.69 Å². The van der Waals surface area contributed by atoms with Crippen molar-refractivity contribution < 1.29 is 0 Å². The molecule has 0 N–H and O–H groups in total. The average molecular weight is 285 g/mol. The molecule has 20 heavy (non-hydrogen) atoms. The summed E-state index contributed by atoms with van der Waals surface area (Å²) in [6.45, 7) is 3.94. The molecule has 0 atom stereocenters. The molecule has 100 valence electrons. The van der Waals surface area contributed by atoms with Crippen LogP contribution in [0.5, 0.6) is 0 Å². The molecule has 3 aromatic rings. The lowest BCUT2D eigenvalue weighted by Crippen LogP contribution is -1.93. The molecule has 3 rings (SSSR count). The highest BCUT2D eigenvalue weighted by Crippen LogP contribution is 2.32. The van der Waals surface area contributed by atoms with Crippen molar-refractivity contribution in [2.45, 2.75) is 20.3 Å². The van der Waals surface area contributed by atoms with Crippen molar-refractivity contribution in [1.82, 2.24) is 19.8 Å². The summed E-state index contributed by atoms with van der Waals surface area (Å²) in [6.07, 6.45) is 0.780. The first-order valence-corrected chi connectivity index (χ1v) is 6.92. The summed E-state index contributed by atoms with van der Waals surface area (Å²) in [5.74, 6) is 0.839. The fourth-order valence-electron chi connectivity index (χ4n) is 2.00. The lowest BCUT2D eigenvalue weighted by atomic mass is 10.1. The van der Waals surface area contributed by atoms with Crippen LogP contribution in [-0.4, -0.2) is 19.8 Å². The van der Waals surface area contributed by atoms with Crippen molar-refractivity contribution in [3.63, 3.8) is 0 Å². The standard InChI is InChI=1S/C12H11N7S/c1-3-10-15-16-12-19(10)17-11(20-12)8-5-4-6-9(7(8)2)14-18-13/h4-6H,3H2,1-2H3. The summed E-state index contributed by atoms with van der Waals surface area (Å²) in [5.41, 5.74) is 11.1. The van der Waals surface area contributed by atoms with E-state index in [1.165, 1.54) is 11.3 Å². The Morgan fingerprint density at radius 2 is 2.25 bits per heavy atom. The van der Waals surface area contributed by atoms with Gasteiger partial charge in [-0.25, -0.2) is 0 Å². The smallest absolute Gasteiger partial charge is 0.187 e. The van der Waals surface area contributed by atoms with Crippen LogP contribution >= 0.6 is 11.3 Å². The van der Waals surface area contributed by atoms with Gasteiger partial charge in [0.05, 0.1) is 0 Å². The van der Waals surface area contributed by atoms with Gasteiger partial charge in [0, 0.05) is 22.6 Å². The van der Waals surface area contributed by atoms with Gasteiger partial charge in [0.25, 0.3) is 0 Å². The summed E-state index contributed by atoms with van der Waals surface area (Å²) in [4.78, 5) is 3.61. The second-order valence-corrected chi connectivity index (χ2v) is 5.17. The molecule has 0 saturated heterocycles. The van der Waals surface area contributed by atoms with Gasteiger partial charge < -0.3 is 0 Å². The fourth-order valence-corrected chi connectivity index (χ4v) is 2.94. The molecule has 0 unspecified atom stereocenters. The molecule has 0 bridgehead atoms. The number of nitrogens with zero attached hydrogens (tertiary/aromatic N) is 7. The van der Waals surface area contributed by atoms with Gasteiger partial charge in [0.1, 0.15) is 5.01 Å². The molecule has 0 saturated carbocycles. The molecule has 2 aromatic heterocycles. The Morgan fingerprint density at radius 3 is 3.00 bits per heavy atom. The van der Waals surface area contributed by atoms with Crippen molar-refractivity contribution in [2.24, 2.45) is 5.11 Å². The van der Waals surface area contributed by atoms with Gasteiger partial charge >= 0.3 is 0 Å². The van der Waals surface area contributed by atoms with E-state index in [0.717, 1.165) is 33.3 Å². The predicted molar refractivity (Wildman–Crippen MR) is 77.0 cm³/mol. The molecule has 0 spiro atoms. The second kappa shape index (κ2) is 4.92. The summed E-state index contributed by atoms with van der Waals surface area (Å²) >= 11 is 1.47. The number of aryl methyl sites for hydroxylation is 1. The van der Waals surface area contributed by atoms with Crippen molar-refractivity contribution in [2.75, 3.05) is 0 Å². The fraction of sp³-hybridized carbons (Fsp3) is 0.250. The average Bonchev–Trinajstić information content (AvgIpc) is 3.01. The van der Waals surface area contributed by atoms with Crippen LogP contribution in [0.1, 0.15) is 18.3 Å². The van der Waals surface area contributed by atoms with Crippen molar-refractivity contribution >= 4 is 22.0 Å². The van der Waals surface area contributed by atoms with Crippen LogP contribution < -0.4 is 0 Å². The first-order valence-electron chi connectivity index (χ1n) is 6.10. The van der Waals surface area contributed by atoms with Crippen LogP contribution in [0.4, 0.5) is 5.69 Å². The van der Waals surface area contributed by atoms with E-state index in [4.69, 9.17) is 5.53 Å². The molecular weight excluding hydrogens is 274 g/mol. The number of aromatic nitrogens is 4. The minimum Gasteiger partial charge on any atom is -0.187 e. The van der Waals surface area contributed by atoms with Crippen LogP contribution in [-0.2, 0) is 6.42 Å². The Labute approximate surface area is 118 Å². The third-order valence-electron chi connectivity index (χ3n) is 3.06. The zero-order chi connectivity index (χ0) is 14.1. The first kappa shape index (κ1) is 12.6. The van der Waals surface area contributed by atoms with Gasteiger partial charge in [0.2, 0.25) is 4.96 Å². The van der Waals surface area contributed by atoms with Gasteiger partial charge in [-0.3, -0.25) is 0 Å². The number of benzene rings is 1. The summed E-state index contributed by atoms with van der Waals surface area (Å²) in [6, 6.07) is 5.61. The van der Waals surface area contributed by atoms with Gasteiger partial charge in [-0.05, 0) is 18.0 Å². The second-order valence-electron chi connectivity index (χ2n) is 4.21. The van der Waals surface area contributed by atoms with Crippen molar-refractivity contribution in [3.8, 4) is 10.6 Å². The Bertz CT molecular complexity index is 826. The molecule has 0 aliphatic heterocycles. The number of rotatable bonds is 3. The maximum absolute atomic E-state index is 8.58. The van der Waals surface area contributed by atoms with E-state index in [9.17, 15) is 0 Å². The predicted octanol–water partition coefficient (Wildman–Crippen LogP) is 3.67. The van der Waals surface area contributed by atoms with Crippen molar-refractivity contribution in [1.29, 1.82) is 0 Å². The van der Waals surface area contributed by atoms with Gasteiger partial charge in [-0.1, -0.05) is 41.6 Å². The van der Waals surface area contributed by atoms with Crippen LogP contribution in [0.3, 0.4) is 0 Å². The van der Waals surface area contributed by atoms with E-state index in [2.05, 4.69) is 25.3 Å². The lowest BCUT2D eigenvalue weighted by molar-refractivity contribution is 0.837. The van der Waals surface area contributed by atoms with E-state index < -0.39 is 0 Å². The van der Waals surface area contributed by atoms with Gasteiger partial charge in [-0.15, -0.1) is 10.2 Å².